The largest absolute Gasteiger partial charge is 0.507 e. The molecule has 19 heavy (non-hydrogen) atoms. The molecule has 0 spiro atoms. The van der Waals surface area contributed by atoms with Crippen molar-refractivity contribution >= 4 is 24.0 Å². The molecule has 0 saturated carbocycles. The van der Waals surface area contributed by atoms with Gasteiger partial charge in [-0.1, -0.05) is 0 Å². The standard InChI is InChI=1S/C13H18N2O3.ClH/c1-15(2)7-8-6-10(18-3)12-9(13(8)17)4-5-11(16)14-12;/h6,17H,4-5,7H2,1-3H3,(H,14,16);1H. The number of hydrogen-bond donors (Lipinski definition) is 2. The SMILES string of the molecule is COc1cc(CN(C)C)c(O)c2c1NC(=O)CC2.Cl. The molecular weight excluding hydrogens is 268 g/mol. The van der Waals surface area contributed by atoms with Crippen molar-refractivity contribution in [1.82, 2.24) is 4.90 Å². The van der Waals surface area contributed by atoms with Gasteiger partial charge in [0.05, 0.1) is 12.8 Å². The Morgan fingerprint density at radius 2 is 2.11 bits per heavy atom. The van der Waals surface area contributed by atoms with E-state index in [0.29, 0.717) is 30.8 Å². The van der Waals surface area contributed by atoms with E-state index in [1.54, 1.807) is 13.2 Å². The van der Waals surface area contributed by atoms with E-state index in [9.17, 15) is 9.90 Å². The van der Waals surface area contributed by atoms with Gasteiger partial charge in [0, 0.05) is 24.1 Å². The maximum atomic E-state index is 11.4. The van der Waals surface area contributed by atoms with Gasteiger partial charge >= 0.3 is 0 Å². The minimum atomic E-state index is -0.0411. The minimum Gasteiger partial charge on any atom is -0.507 e. The first-order valence-electron chi connectivity index (χ1n) is 5.89. The van der Waals surface area contributed by atoms with E-state index in [-0.39, 0.29) is 24.1 Å². The van der Waals surface area contributed by atoms with Gasteiger partial charge in [-0.3, -0.25) is 4.79 Å². The quantitative estimate of drug-likeness (QED) is 0.889. The molecule has 0 unspecified atom stereocenters. The van der Waals surface area contributed by atoms with E-state index in [2.05, 4.69) is 5.32 Å². The zero-order chi connectivity index (χ0) is 13.3. The molecule has 106 valence electrons. The van der Waals surface area contributed by atoms with Crippen molar-refractivity contribution in [2.24, 2.45) is 0 Å². The van der Waals surface area contributed by atoms with E-state index in [4.69, 9.17) is 4.74 Å². The summed E-state index contributed by atoms with van der Waals surface area (Å²) in [6, 6.07) is 1.78. The third-order valence-corrected chi connectivity index (χ3v) is 3.02. The summed E-state index contributed by atoms with van der Waals surface area (Å²) in [5.74, 6) is 0.827. The van der Waals surface area contributed by atoms with E-state index in [1.165, 1.54) is 0 Å². The van der Waals surface area contributed by atoms with Crippen LogP contribution in [0.5, 0.6) is 11.5 Å². The number of fused-ring (bicyclic) bond motifs is 1. The Morgan fingerprint density at radius 3 is 2.68 bits per heavy atom. The lowest BCUT2D eigenvalue weighted by Crippen LogP contribution is -2.21. The van der Waals surface area contributed by atoms with Gasteiger partial charge in [-0.25, -0.2) is 0 Å². The Bertz CT molecular complexity index is 489. The van der Waals surface area contributed by atoms with Crippen molar-refractivity contribution < 1.29 is 14.6 Å². The van der Waals surface area contributed by atoms with Crippen LogP contribution in [0.25, 0.3) is 0 Å². The number of anilines is 1. The Hall–Kier alpha value is -1.46. The highest BCUT2D eigenvalue weighted by molar-refractivity contribution is 5.96. The molecule has 1 aliphatic heterocycles. The topological polar surface area (TPSA) is 61.8 Å². The summed E-state index contributed by atoms with van der Waals surface area (Å²) >= 11 is 0. The molecule has 0 saturated heterocycles. The van der Waals surface area contributed by atoms with Gasteiger partial charge in [-0.05, 0) is 26.6 Å². The average molecular weight is 287 g/mol. The number of phenolic OH excluding ortho intramolecular Hbond substituents is 1. The van der Waals surface area contributed by atoms with Gasteiger partial charge in [-0.15, -0.1) is 12.4 Å². The molecule has 1 aromatic carbocycles. The van der Waals surface area contributed by atoms with Crippen LogP contribution >= 0.6 is 12.4 Å². The number of phenols is 1. The molecule has 2 N–H and O–H groups in total. The van der Waals surface area contributed by atoms with Crippen LogP contribution < -0.4 is 10.1 Å². The molecule has 0 radical (unpaired) electrons. The van der Waals surface area contributed by atoms with Crippen LogP contribution in [0.1, 0.15) is 17.5 Å². The summed E-state index contributed by atoms with van der Waals surface area (Å²) in [6.07, 6.45) is 0.944. The lowest BCUT2D eigenvalue weighted by Gasteiger charge is -2.23. The third kappa shape index (κ3) is 3.11. The molecule has 1 heterocycles. The number of nitrogens with one attached hydrogen (secondary N) is 1. The molecule has 6 heteroatoms. The Kier molecular flexibility index (Phi) is 5.03. The van der Waals surface area contributed by atoms with Crippen LogP contribution in [-0.4, -0.2) is 37.1 Å². The molecule has 0 bridgehead atoms. The lowest BCUT2D eigenvalue weighted by molar-refractivity contribution is -0.116. The summed E-state index contributed by atoms with van der Waals surface area (Å²) in [6.45, 7) is 0.628. The van der Waals surface area contributed by atoms with Crippen LogP contribution in [-0.2, 0) is 17.8 Å². The van der Waals surface area contributed by atoms with Crippen molar-refractivity contribution in [2.75, 3.05) is 26.5 Å². The highest BCUT2D eigenvalue weighted by Crippen LogP contribution is 2.41. The minimum absolute atomic E-state index is 0. The van der Waals surface area contributed by atoms with Crippen molar-refractivity contribution in [2.45, 2.75) is 19.4 Å². The van der Waals surface area contributed by atoms with Crippen LogP contribution in [0.3, 0.4) is 0 Å². The van der Waals surface area contributed by atoms with Crippen molar-refractivity contribution in [3.63, 3.8) is 0 Å². The van der Waals surface area contributed by atoms with Crippen molar-refractivity contribution in [3.05, 3.63) is 17.2 Å². The summed E-state index contributed by atoms with van der Waals surface area (Å²) in [4.78, 5) is 13.4. The fourth-order valence-corrected chi connectivity index (χ4v) is 2.20. The smallest absolute Gasteiger partial charge is 0.224 e. The molecule has 0 atom stereocenters. The number of benzene rings is 1. The fraction of sp³-hybridized carbons (Fsp3) is 0.462. The van der Waals surface area contributed by atoms with Gasteiger partial charge in [0.25, 0.3) is 0 Å². The van der Waals surface area contributed by atoms with Crippen LogP contribution in [0.15, 0.2) is 6.07 Å². The van der Waals surface area contributed by atoms with Crippen molar-refractivity contribution in [1.29, 1.82) is 0 Å². The summed E-state index contributed by atoms with van der Waals surface area (Å²) < 4.78 is 5.29. The number of carbonyl (C=O) groups is 1. The Morgan fingerprint density at radius 1 is 1.42 bits per heavy atom. The zero-order valence-corrected chi connectivity index (χ0v) is 12.1. The maximum Gasteiger partial charge on any atom is 0.224 e. The molecule has 0 aromatic heterocycles. The van der Waals surface area contributed by atoms with Crippen LogP contribution in [0.4, 0.5) is 5.69 Å². The number of methoxy groups -OCH3 is 1. The first kappa shape index (κ1) is 15.6. The first-order valence-corrected chi connectivity index (χ1v) is 5.89. The summed E-state index contributed by atoms with van der Waals surface area (Å²) in [5.41, 5.74) is 2.19. The summed E-state index contributed by atoms with van der Waals surface area (Å²) in [5, 5.41) is 13.0. The molecule has 2 rings (SSSR count). The fourth-order valence-electron chi connectivity index (χ4n) is 2.20. The first-order chi connectivity index (χ1) is 8.52. The molecule has 1 amide bonds. The second-order valence-electron chi connectivity index (χ2n) is 4.73. The number of halogens is 1. The number of rotatable bonds is 3. The molecule has 0 fully saturated rings. The monoisotopic (exact) mass is 286 g/mol. The van der Waals surface area contributed by atoms with E-state index >= 15 is 0 Å². The number of ether oxygens (including phenoxy) is 1. The Labute approximate surface area is 119 Å². The predicted octanol–water partition coefficient (Wildman–Crippen LogP) is 1.77. The second kappa shape index (κ2) is 6.12. The van der Waals surface area contributed by atoms with Gasteiger partial charge in [0.15, 0.2) is 0 Å². The number of nitrogens with zero attached hydrogens (tertiary/aromatic N) is 1. The number of amides is 1. The average Bonchev–Trinajstić information content (AvgIpc) is 2.32. The highest BCUT2D eigenvalue weighted by atomic mass is 35.5. The van der Waals surface area contributed by atoms with Gasteiger partial charge < -0.3 is 20.1 Å². The molecule has 0 aliphatic carbocycles. The van der Waals surface area contributed by atoms with Gasteiger partial charge in [0.2, 0.25) is 5.91 Å². The van der Waals surface area contributed by atoms with Gasteiger partial charge in [-0.2, -0.15) is 0 Å². The normalized spacial score (nSPS) is 13.6. The van der Waals surface area contributed by atoms with Gasteiger partial charge in [0.1, 0.15) is 11.5 Å². The number of hydrogen-bond acceptors (Lipinski definition) is 4. The van der Waals surface area contributed by atoms with E-state index < -0.39 is 0 Å². The molecular formula is C13H19ClN2O3. The lowest BCUT2D eigenvalue weighted by atomic mass is 9.97. The second-order valence-corrected chi connectivity index (χ2v) is 4.73. The van der Waals surface area contributed by atoms with E-state index in [0.717, 1.165) is 11.1 Å². The third-order valence-electron chi connectivity index (χ3n) is 3.02. The molecule has 1 aromatic rings. The number of carbonyl (C=O) groups excluding carboxylic acids is 1. The molecule has 1 aliphatic rings. The number of aromatic hydroxyl groups is 1. The summed E-state index contributed by atoms with van der Waals surface area (Å²) in [7, 11) is 5.44. The maximum absolute atomic E-state index is 11.4. The van der Waals surface area contributed by atoms with E-state index in [1.807, 2.05) is 19.0 Å². The van der Waals surface area contributed by atoms with Crippen LogP contribution in [0.2, 0.25) is 0 Å². The zero-order valence-electron chi connectivity index (χ0n) is 11.3. The molecule has 5 nitrogen and oxygen atoms in total. The highest BCUT2D eigenvalue weighted by Gasteiger charge is 2.24. The predicted molar refractivity (Wildman–Crippen MR) is 76.2 cm³/mol. The van der Waals surface area contributed by atoms with Crippen LogP contribution in [0, 0.1) is 0 Å². The Balaban J connectivity index is 0.00000180. The van der Waals surface area contributed by atoms with Crippen molar-refractivity contribution in [3.8, 4) is 11.5 Å².